The molecule has 0 rings (SSSR count). The monoisotopic (exact) mass is 350 g/mol. The Morgan fingerprint density at radius 1 is 0.846 bits per heavy atom. The summed E-state index contributed by atoms with van der Waals surface area (Å²) in [6, 6.07) is 0. The SMILES string of the molecule is C.C.O.O.O=C(O)CC(=O)O.[Y].[Y]. The Hall–Kier alpha value is 1.07. The average Bonchev–Trinajstić information content (AvgIpc) is 1.27. The van der Waals surface area contributed by atoms with E-state index in [1.807, 2.05) is 0 Å². The molecule has 0 aromatic rings. The van der Waals surface area contributed by atoms with Gasteiger partial charge in [0.1, 0.15) is 6.42 Å². The molecular weight excluding hydrogens is 334 g/mol. The first-order valence-corrected chi connectivity index (χ1v) is 1.56. The van der Waals surface area contributed by atoms with Crippen LogP contribution in [0.1, 0.15) is 21.3 Å². The van der Waals surface area contributed by atoms with Crippen LogP contribution in [-0.2, 0) is 75.0 Å². The van der Waals surface area contributed by atoms with Gasteiger partial charge in [-0.25, -0.2) is 0 Å². The van der Waals surface area contributed by atoms with Gasteiger partial charge in [0, 0.05) is 65.4 Å². The smallest absolute Gasteiger partial charge is 0.314 e. The predicted molar refractivity (Wildman–Crippen MR) is 40.6 cm³/mol. The molecule has 0 saturated carbocycles. The van der Waals surface area contributed by atoms with E-state index < -0.39 is 18.4 Å². The average molecular weight is 350 g/mol. The summed E-state index contributed by atoms with van der Waals surface area (Å²) in [4.78, 5) is 18.9. The Morgan fingerprint density at radius 3 is 1.00 bits per heavy atom. The third kappa shape index (κ3) is 62.3. The Labute approximate surface area is 128 Å². The topological polar surface area (TPSA) is 138 Å². The molecule has 2 radical (unpaired) electrons. The maximum Gasteiger partial charge on any atom is 0.314 e. The molecule has 0 saturated heterocycles. The fourth-order valence-electron chi connectivity index (χ4n) is 0.129. The molecular formula is C5H16O6Y2. The van der Waals surface area contributed by atoms with Crippen molar-refractivity contribution in [3.05, 3.63) is 0 Å². The normalized spacial score (nSPS) is 4.31. The predicted octanol–water partition coefficient (Wildman–Crippen LogP) is -0.837. The van der Waals surface area contributed by atoms with Crippen molar-refractivity contribution in [2.24, 2.45) is 0 Å². The van der Waals surface area contributed by atoms with Crippen LogP contribution in [0, 0.1) is 0 Å². The molecule has 6 nitrogen and oxygen atoms in total. The summed E-state index contributed by atoms with van der Waals surface area (Å²) in [6.45, 7) is 0. The first-order valence-electron chi connectivity index (χ1n) is 1.56. The summed E-state index contributed by atoms with van der Waals surface area (Å²) in [7, 11) is 0. The summed E-state index contributed by atoms with van der Waals surface area (Å²) < 4.78 is 0. The van der Waals surface area contributed by atoms with E-state index in [9.17, 15) is 9.59 Å². The van der Waals surface area contributed by atoms with Gasteiger partial charge in [0.2, 0.25) is 0 Å². The second-order valence-electron chi connectivity index (χ2n) is 0.964. The summed E-state index contributed by atoms with van der Waals surface area (Å²) in [5.41, 5.74) is 0. The van der Waals surface area contributed by atoms with Crippen molar-refractivity contribution in [1.29, 1.82) is 0 Å². The van der Waals surface area contributed by atoms with Crippen molar-refractivity contribution >= 4 is 11.9 Å². The standard InChI is InChI=1S/C3H4O4.2CH4.2H2O.2Y/c4-2(5)1-3(6)7;;;;;;/h1H2,(H,4,5)(H,6,7);2*1H4;2*1H2;;. The van der Waals surface area contributed by atoms with Crippen LogP contribution >= 0.6 is 0 Å². The van der Waals surface area contributed by atoms with Gasteiger partial charge < -0.3 is 21.2 Å². The van der Waals surface area contributed by atoms with Crippen LogP contribution in [0.25, 0.3) is 0 Å². The Morgan fingerprint density at radius 2 is 1.00 bits per heavy atom. The summed E-state index contributed by atoms with van der Waals surface area (Å²) >= 11 is 0. The quantitative estimate of drug-likeness (QED) is 0.628. The molecule has 0 amide bonds. The van der Waals surface area contributed by atoms with Gasteiger partial charge in [-0.15, -0.1) is 0 Å². The zero-order valence-electron chi connectivity index (χ0n) is 5.57. The zero-order valence-corrected chi connectivity index (χ0v) is 11.2. The van der Waals surface area contributed by atoms with E-state index in [0.29, 0.717) is 0 Å². The van der Waals surface area contributed by atoms with E-state index in [4.69, 9.17) is 10.2 Å². The van der Waals surface area contributed by atoms with E-state index in [1.165, 1.54) is 0 Å². The first kappa shape index (κ1) is 48.1. The Balaban J connectivity index is -0.0000000120. The Kier molecular flexibility index (Phi) is 108. The minimum Gasteiger partial charge on any atom is -0.481 e. The molecule has 78 valence electrons. The largest absolute Gasteiger partial charge is 0.481 e. The number of carboxylic acid groups (broad SMARTS) is 2. The zero-order chi connectivity index (χ0) is 5.86. The van der Waals surface area contributed by atoms with Crippen LogP contribution in [0.15, 0.2) is 0 Å². The van der Waals surface area contributed by atoms with Crippen molar-refractivity contribution in [3.8, 4) is 0 Å². The van der Waals surface area contributed by atoms with Gasteiger partial charge in [-0.3, -0.25) is 9.59 Å². The molecule has 0 aliphatic heterocycles. The number of hydrogen-bond donors (Lipinski definition) is 2. The minimum atomic E-state index is -1.31. The van der Waals surface area contributed by atoms with Crippen molar-refractivity contribution < 1.29 is 96.2 Å². The maximum absolute atomic E-state index is 9.43. The number of carbonyl (C=O) groups is 2. The maximum atomic E-state index is 9.43. The van der Waals surface area contributed by atoms with Crippen LogP contribution < -0.4 is 0 Å². The summed E-state index contributed by atoms with van der Waals surface area (Å²) in [5.74, 6) is -2.62. The molecule has 0 aliphatic carbocycles. The van der Waals surface area contributed by atoms with Crippen molar-refractivity contribution in [3.63, 3.8) is 0 Å². The number of hydrogen-bond acceptors (Lipinski definition) is 2. The second-order valence-corrected chi connectivity index (χ2v) is 0.964. The van der Waals surface area contributed by atoms with Crippen LogP contribution in [0.2, 0.25) is 0 Å². The van der Waals surface area contributed by atoms with Gasteiger partial charge in [-0.1, -0.05) is 14.9 Å². The summed E-state index contributed by atoms with van der Waals surface area (Å²) in [6.07, 6.45) is -0.806. The molecule has 13 heavy (non-hydrogen) atoms. The molecule has 0 heterocycles. The van der Waals surface area contributed by atoms with Gasteiger partial charge >= 0.3 is 11.9 Å². The van der Waals surface area contributed by atoms with Crippen molar-refractivity contribution in [1.82, 2.24) is 0 Å². The van der Waals surface area contributed by atoms with E-state index >= 15 is 0 Å². The van der Waals surface area contributed by atoms with Crippen LogP contribution in [0.5, 0.6) is 0 Å². The molecule has 0 aromatic carbocycles. The molecule has 6 N–H and O–H groups in total. The fraction of sp³-hybridized carbons (Fsp3) is 0.600. The third-order valence-corrected chi connectivity index (χ3v) is 0.302. The number of carboxylic acids is 2. The number of rotatable bonds is 2. The van der Waals surface area contributed by atoms with Crippen molar-refractivity contribution in [2.45, 2.75) is 21.3 Å². The molecule has 0 atom stereocenters. The first-order chi connectivity index (χ1) is 3.13. The summed E-state index contributed by atoms with van der Waals surface area (Å²) in [5, 5.41) is 15.4. The molecule has 0 fully saturated rings. The van der Waals surface area contributed by atoms with Crippen LogP contribution in [-0.4, -0.2) is 33.1 Å². The fourth-order valence-corrected chi connectivity index (χ4v) is 0.129. The molecule has 0 bridgehead atoms. The van der Waals surface area contributed by atoms with Crippen LogP contribution in [0.4, 0.5) is 0 Å². The van der Waals surface area contributed by atoms with Gasteiger partial charge in [0.25, 0.3) is 0 Å². The van der Waals surface area contributed by atoms with E-state index in [2.05, 4.69) is 0 Å². The molecule has 0 spiro atoms. The second kappa shape index (κ2) is 29.2. The van der Waals surface area contributed by atoms with E-state index in [0.717, 1.165) is 0 Å². The van der Waals surface area contributed by atoms with Crippen molar-refractivity contribution in [2.75, 3.05) is 0 Å². The number of aliphatic carboxylic acids is 2. The molecule has 0 aliphatic rings. The van der Waals surface area contributed by atoms with Gasteiger partial charge in [-0.2, -0.15) is 0 Å². The van der Waals surface area contributed by atoms with E-state index in [-0.39, 0.29) is 91.2 Å². The minimum absolute atomic E-state index is 0. The van der Waals surface area contributed by atoms with Gasteiger partial charge in [-0.05, 0) is 0 Å². The van der Waals surface area contributed by atoms with Gasteiger partial charge in [0.15, 0.2) is 0 Å². The Bertz CT molecular complexity index is 95.2. The van der Waals surface area contributed by atoms with Gasteiger partial charge in [0.05, 0.1) is 0 Å². The van der Waals surface area contributed by atoms with E-state index in [1.54, 1.807) is 0 Å². The molecule has 0 unspecified atom stereocenters. The third-order valence-electron chi connectivity index (χ3n) is 0.302. The molecule has 0 aromatic heterocycles. The molecule has 8 heteroatoms. The van der Waals surface area contributed by atoms with Crippen LogP contribution in [0.3, 0.4) is 0 Å².